The van der Waals surface area contributed by atoms with Crippen LogP contribution in [0, 0.1) is 0 Å². The Labute approximate surface area is 219 Å². The summed E-state index contributed by atoms with van der Waals surface area (Å²) in [5.74, 6) is 0.266. The highest BCUT2D eigenvalue weighted by Crippen LogP contribution is 2.31. The highest BCUT2D eigenvalue weighted by Gasteiger charge is 2.31. The third-order valence-corrected chi connectivity index (χ3v) is 7.08. The van der Waals surface area contributed by atoms with E-state index in [1.165, 1.54) is 0 Å². The van der Waals surface area contributed by atoms with Crippen molar-refractivity contribution in [2.24, 2.45) is 0 Å². The normalized spacial score (nSPS) is 15.0. The van der Waals surface area contributed by atoms with Crippen molar-refractivity contribution in [3.8, 4) is 5.75 Å². The molecule has 2 amide bonds. The largest absolute Gasteiger partial charge is 0.483 e. The van der Waals surface area contributed by atoms with E-state index in [-0.39, 0.29) is 36.4 Å². The van der Waals surface area contributed by atoms with E-state index in [1.807, 2.05) is 31.2 Å². The zero-order valence-electron chi connectivity index (χ0n) is 21.1. The van der Waals surface area contributed by atoms with E-state index in [1.54, 1.807) is 23.1 Å². The molecular formula is C28H36Cl2N2O3. The highest BCUT2D eigenvalue weighted by atomic mass is 35.5. The van der Waals surface area contributed by atoms with Crippen molar-refractivity contribution in [2.75, 3.05) is 6.61 Å². The van der Waals surface area contributed by atoms with Crippen molar-refractivity contribution in [3.63, 3.8) is 0 Å². The first-order valence-electron chi connectivity index (χ1n) is 12.4. The number of benzene rings is 2. The van der Waals surface area contributed by atoms with E-state index >= 15 is 0 Å². The summed E-state index contributed by atoms with van der Waals surface area (Å²) in [4.78, 5) is 28.4. The van der Waals surface area contributed by atoms with Gasteiger partial charge in [-0.15, -0.1) is 0 Å². The number of hydrogen-bond donors (Lipinski definition) is 1. The molecule has 0 radical (unpaired) electrons. The van der Waals surface area contributed by atoms with Gasteiger partial charge in [0, 0.05) is 22.6 Å². The molecular weight excluding hydrogens is 483 g/mol. The Morgan fingerprint density at radius 1 is 1.11 bits per heavy atom. The zero-order valence-corrected chi connectivity index (χ0v) is 22.6. The van der Waals surface area contributed by atoms with Gasteiger partial charge >= 0.3 is 0 Å². The first-order valence-corrected chi connectivity index (χ1v) is 13.1. The minimum atomic E-state index is -0.628. The maximum atomic E-state index is 13.6. The summed E-state index contributed by atoms with van der Waals surface area (Å²) in [5.41, 5.74) is 1.61. The minimum absolute atomic E-state index is 0.132. The van der Waals surface area contributed by atoms with Gasteiger partial charge in [-0.25, -0.2) is 0 Å². The molecule has 5 nitrogen and oxygen atoms in total. The summed E-state index contributed by atoms with van der Waals surface area (Å²) in [6.45, 7) is 8.24. The highest BCUT2D eigenvalue weighted by molar-refractivity contribution is 6.35. The topological polar surface area (TPSA) is 58.6 Å². The Balaban J connectivity index is 1.83. The van der Waals surface area contributed by atoms with E-state index in [0.717, 1.165) is 36.8 Å². The lowest BCUT2D eigenvalue weighted by atomic mass is 9.86. The molecule has 2 aromatic rings. The van der Waals surface area contributed by atoms with Gasteiger partial charge in [-0.3, -0.25) is 9.59 Å². The zero-order chi connectivity index (χ0) is 25.6. The van der Waals surface area contributed by atoms with Crippen LogP contribution >= 0.6 is 23.2 Å². The summed E-state index contributed by atoms with van der Waals surface area (Å²) in [7, 11) is 0. The smallest absolute Gasteiger partial charge is 0.261 e. The van der Waals surface area contributed by atoms with Crippen molar-refractivity contribution in [1.82, 2.24) is 10.2 Å². The third-order valence-electron chi connectivity index (χ3n) is 6.49. The van der Waals surface area contributed by atoms with Gasteiger partial charge in [0.1, 0.15) is 11.8 Å². The molecule has 7 heteroatoms. The third kappa shape index (κ3) is 7.37. The standard InChI is InChI=1S/C28H36Cl2N2O3/c1-5-24(27(34)31-21-10-6-7-11-21)32(17-19-14-15-20(29)16-23(19)30)26(33)18-35-25-13-9-8-12-22(25)28(2,3)4/h8-9,12-16,21,24H,5-7,10-11,17-18H2,1-4H3,(H,31,34)/t24-/m0/s1. The predicted molar refractivity (Wildman–Crippen MR) is 142 cm³/mol. The Kier molecular flexibility index (Phi) is 9.48. The molecule has 0 aromatic heterocycles. The summed E-state index contributed by atoms with van der Waals surface area (Å²) >= 11 is 12.5. The van der Waals surface area contributed by atoms with Gasteiger partial charge in [0.25, 0.3) is 5.91 Å². The van der Waals surface area contributed by atoms with Crippen LogP contribution in [0.15, 0.2) is 42.5 Å². The van der Waals surface area contributed by atoms with Gasteiger partial charge in [0.15, 0.2) is 6.61 Å². The van der Waals surface area contributed by atoms with Crippen LogP contribution in [-0.2, 0) is 21.5 Å². The molecule has 1 saturated carbocycles. The minimum Gasteiger partial charge on any atom is -0.483 e. The lowest BCUT2D eigenvalue weighted by Crippen LogP contribution is -2.52. The lowest BCUT2D eigenvalue weighted by Gasteiger charge is -2.32. The van der Waals surface area contributed by atoms with Crippen LogP contribution in [-0.4, -0.2) is 35.4 Å². The maximum absolute atomic E-state index is 13.6. The number of amides is 2. The molecule has 190 valence electrons. The molecule has 1 aliphatic carbocycles. The molecule has 0 saturated heterocycles. The Bertz CT molecular complexity index is 1030. The van der Waals surface area contributed by atoms with Gasteiger partial charge in [0.2, 0.25) is 5.91 Å². The number of nitrogens with one attached hydrogen (secondary N) is 1. The second-order valence-corrected chi connectivity index (χ2v) is 11.0. The van der Waals surface area contributed by atoms with Crippen molar-refractivity contribution in [1.29, 1.82) is 0 Å². The van der Waals surface area contributed by atoms with Crippen LogP contribution in [0.3, 0.4) is 0 Å². The lowest BCUT2D eigenvalue weighted by molar-refractivity contribution is -0.143. The van der Waals surface area contributed by atoms with Crippen LogP contribution < -0.4 is 10.1 Å². The first kappa shape index (κ1) is 27.3. The van der Waals surface area contributed by atoms with Crippen LogP contribution in [0.2, 0.25) is 10.0 Å². The van der Waals surface area contributed by atoms with Crippen LogP contribution in [0.5, 0.6) is 5.75 Å². The number of carbonyl (C=O) groups excluding carboxylic acids is 2. The van der Waals surface area contributed by atoms with Gasteiger partial charge < -0.3 is 15.0 Å². The van der Waals surface area contributed by atoms with Gasteiger partial charge in [0.05, 0.1) is 0 Å². The van der Waals surface area contributed by atoms with Gasteiger partial charge in [-0.1, -0.05) is 88.0 Å². The number of carbonyl (C=O) groups is 2. The Morgan fingerprint density at radius 2 is 1.80 bits per heavy atom. The van der Waals surface area contributed by atoms with Crippen LogP contribution in [0.1, 0.15) is 70.9 Å². The number of hydrogen-bond acceptors (Lipinski definition) is 3. The predicted octanol–water partition coefficient (Wildman–Crippen LogP) is 6.54. The van der Waals surface area contributed by atoms with Crippen molar-refractivity contribution in [2.45, 2.75) is 83.8 Å². The number of ether oxygens (including phenoxy) is 1. The van der Waals surface area contributed by atoms with Crippen LogP contribution in [0.25, 0.3) is 0 Å². The average molecular weight is 520 g/mol. The SMILES string of the molecule is CC[C@@H](C(=O)NC1CCCC1)N(Cc1ccc(Cl)cc1Cl)C(=O)COc1ccccc1C(C)(C)C. The molecule has 1 N–H and O–H groups in total. The molecule has 3 rings (SSSR count). The molecule has 0 spiro atoms. The van der Waals surface area contributed by atoms with Crippen molar-refractivity contribution >= 4 is 35.0 Å². The second-order valence-electron chi connectivity index (χ2n) is 10.2. The maximum Gasteiger partial charge on any atom is 0.261 e. The fourth-order valence-electron chi connectivity index (χ4n) is 4.55. The molecule has 0 heterocycles. The molecule has 0 aliphatic heterocycles. The average Bonchev–Trinajstić information content (AvgIpc) is 3.31. The summed E-state index contributed by atoms with van der Waals surface area (Å²) in [6.07, 6.45) is 4.67. The number of halogens is 2. The fourth-order valence-corrected chi connectivity index (χ4v) is 5.02. The summed E-state index contributed by atoms with van der Waals surface area (Å²) < 4.78 is 6.02. The monoisotopic (exact) mass is 518 g/mol. The molecule has 1 aliphatic rings. The second kappa shape index (κ2) is 12.1. The molecule has 0 unspecified atom stereocenters. The van der Waals surface area contributed by atoms with E-state index < -0.39 is 6.04 Å². The molecule has 0 bridgehead atoms. The first-order chi connectivity index (χ1) is 16.6. The van der Waals surface area contributed by atoms with E-state index in [0.29, 0.717) is 22.2 Å². The fraction of sp³-hybridized carbons (Fsp3) is 0.500. The van der Waals surface area contributed by atoms with Crippen molar-refractivity contribution in [3.05, 3.63) is 63.6 Å². The Morgan fingerprint density at radius 3 is 2.43 bits per heavy atom. The number of rotatable bonds is 9. The van der Waals surface area contributed by atoms with E-state index in [9.17, 15) is 9.59 Å². The summed E-state index contributed by atoms with van der Waals surface area (Å²) in [5, 5.41) is 4.13. The molecule has 35 heavy (non-hydrogen) atoms. The number of nitrogens with zero attached hydrogens (tertiary/aromatic N) is 1. The molecule has 1 atom stereocenters. The summed E-state index contributed by atoms with van der Waals surface area (Å²) in [6, 6.07) is 12.5. The van der Waals surface area contributed by atoms with Crippen molar-refractivity contribution < 1.29 is 14.3 Å². The number of para-hydroxylation sites is 1. The van der Waals surface area contributed by atoms with E-state index in [4.69, 9.17) is 27.9 Å². The van der Waals surface area contributed by atoms with Crippen LogP contribution in [0.4, 0.5) is 0 Å². The quantitative estimate of drug-likeness (QED) is 0.410. The molecule has 1 fully saturated rings. The molecule has 2 aromatic carbocycles. The van der Waals surface area contributed by atoms with Gasteiger partial charge in [-0.2, -0.15) is 0 Å². The van der Waals surface area contributed by atoms with E-state index in [2.05, 4.69) is 26.1 Å². The van der Waals surface area contributed by atoms with Gasteiger partial charge in [-0.05, 0) is 54.0 Å². The Hall–Kier alpha value is -2.24.